The molecule has 4 amide bonds. The number of carbonyl (C=O) groups excluding carboxylic acids is 4. The second-order valence-electron chi connectivity index (χ2n) is 10.3. The van der Waals surface area contributed by atoms with Crippen LogP contribution in [0.15, 0.2) is 36.4 Å². The number of allylic oxidation sites excluding steroid dienone is 1. The molecule has 0 spiro atoms. The van der Waals surface area contributed by atoms with E-state index in [0.717, 1.165) is 11.3 Å². The highest BCUT2D eigenvalue weighted by Crippen LogP contribution is 2.50. The molecule has 2 aliphatic heterocycles. The molecule has 4 rings (SSSR count). The van der Waals surface area contributed by atoms with Crippen LogP contribution in [-0.4, -0.2) is 60.2 Å². The molecule has 0 aromatic heterocycles. The monoisotopic (exact) mass is 572 g/mol. The maximum atomic E-state index is 13.9. The highest BCUT2D eigenvalue weighted by Gasteiger charge is 2.67. The second kappa shape index (κ2) is 11.2. The molecule has 1 saturated heterocycles. The summed E-state index contributed by atoms with van der Waals surface area (Å²) in [5.41, 5.74) is 9.26. The quantitative estimate of drug-likeness (QED) is 0.294. The van der Waals surface area contributed by atoms with E-state index in [1.165, 1.54) is 24.3 Å². The Labute approximate surface area is 231 Å². The zero-order valence-electron chi connectivity index (χ0n) is 21.8. The first-order valence-corrected chi connectivity index (χ1v) is 14.5. The highest BCUT2D eigenvalue weighted by atomic mass is 32.2. The maximum absolute atomic E-state index is 13.9. The van der Waals surface area contributed by atoms with Gasteiger partial charge in [0.05, 0.1) is 11.6 Å². The number of anilines is 1. The van der Waals surface area contributed by atoms with Gasteiger partial charge in [0.15, 0.2) is 11.0 Å². The van der Waals surface area contributed by atoms with Gasteiger partial charge in [0, 0.05) is 18.2 Å². The van der Waals surface area contributed by atoms with Gasteiger partial charge in [-0.25, -0.2) is 13.2 Å². The van der Waals surface area contributed by atoms with Crippen molar-refractivity contribution in [1.82, 2.24) is 10.2 Å². The summed E-state index contributed by atoms with van der Waals surface area (Å²) in [7, 11) is -4.31. The van der Waals surface area contributed by atoms with Crippen molar-refractivity contribution in [2.75, 3.05) is 11.3 Å². The van der Waals surface area contributed by atoms with Gasteiger partial charge in [-0.1, -0.05) is 18.6 Å². The predicted octanol–water partition coefficient (Wildman–Crippen LogP) is 0.963. The lowest BCUT2D eigenvalue weighted by atomic mass is 9.92. The molecule has 1 saturated carbocycles. The van der Waals surface area contributed by atoms with Gasteiger partial charge in [0.25, 0.3) is 27.7 Å². The zero-order chi connectivity index (χ0) is 29.1. The first-order chi connectivity index (χ1) is 19.0. The number of nitrogens with zero attached hydrogens (tertiary/aromatic N) is 2. The average molecular weight is 573 g/mol. The van der Waals surface area contributed by atoms with Crippen molar-refractivity contribution in [3.63, 3.8) is 0 Å². The predicted molar refractivity (Wildman–Crippen MR) is 142 cm³/mol. The number of fused-ring (bicyclic) bond motifs is 2. The van der Waals surface area contributed by atoms with Crippen LogP contribution in [0.1, 0.15) is 56.9 Å². The molecule has 2 heterocycles. The SMILES string of the molecule is N#Cc1ccc(NS(=O)(=O)C23CC2C=CCCCCCC(OC(N)=O)C(=O)N2CCCC2(C(N)=O)C(=O)N3)cc1. The summed E-state index contributed by atoms with van der Waals surface area (Å²) in [6.07, 6.45) is 3.86. The lowest BCUT2D eigenvalue weighted by Gasteiger charge is -2.37. The molecule has 1 aromatic carbocycles. The van der Waals surface area contributed by atoms with E-state index >= 15 is 0 Å². The fraction of sp³-hybridized carbons (Fsp3) is 0.500. The van der Waals surface area contributed by atoms with E-state index in [0.29, 0.717) is 24.8 Å². The minimum Gasteiger partial charge on any atom is -0.436 e. The third-order valence-corrected chi connectivity index (χ3v) is 9.74. The highest BCUT2D eigenvalue weighted by molar-refractivity contribution is 7.94. The Kier molecular flexibility index (Phi) is 8.06. The number of benzene rings is 1. The summed E-state index contributed by atoms with van der Waals surface area (Å²) in [5.74, 6) is -3.56. The normalized spacial score (nSPS) is 29.0. The Hall–Kier alpha value is -4.12. The fourth-order valence-electron chi connectivity index (χ4n) is 5.46. The number of rotatable bonds is 5. The van der Waals surface area contributed by atoms with E-state index < -0.39 is 56.3 Å². The van der Waals surface area contributed by atoms with Gasteiger partial charge in [0.1, 0.15) is 0 Å². The van der Waals surface area contributed by atoms with Gasteiger partial charge < -0.3 is 26.4 Å². The van der Waals surface area contributed by atoms with Crippen LogP contribution >= 0.6 is 0 Å². The molecule has 6 N–H and O–H groups in total. The number of sulfonamides is 1. The largest absolute Gasteiger partial charge is 0.436 e. The molecule has 214 valence electrons. The van der Waals surface area contributed by atoms with Gasteiger partial charge >= 0.3 is 6.09 Å². The third kappa shape index (κ3) is 5.33. The van der Waals surface area contributed by atoms with Gasteiger partial charge in [-0.05, 0) is 69.2 Å². The van der Waals surface area contributed by atoms with Crippen LogP contribution in [0.25, 0.3) is 0 Å². The molecule has 14 heteroatoms. The van der Waals surface area contributed by atoms with Gasteiger partial charge in [-0.2, -0.15) is 5.26 Å². The van der Waals surface area contributed by atoms with E-state index in [1.54, 1.807) is 6.08 Å². The molecule has 1 aromatic rings. The van der Waals surface area contributed by atoms with E-state index in [2.05, 4.69) is 10.0 Å². The number of nitrogens with two attached hydrogens (primary N) is 2. The van der Waals surface area contributed by atoms with Crippen molar-refractivity contribution in [3.8, 4) is 6.07 Å². The number of primary amides is 2. The lowest BCUT2D eigenvalue weighted by Crippen LogP contribution is -2.68. The molecule has 2 fully saturated rings. The Morgan fingerprint density at radius 1 is 1.12 bits per heavy atom. The van der Waals surface area contributed by atoms with E-state index in [9.17, 15) is 27.6 Å². The number of ether oxygens (including phenoxy) is 1. The van der Waals surface area contributed by atoms with Crippen LogP contribution in [0.3, 0.4) is 0 Å². The smallest absolute Gasteiger partial charge is 0.405 e. The molecule has 0 bridgehead atoms. The summed E-state index contributed by atoms with van der Waals surface area (Å²) in [6, 6.07) is 7.70. The number of amides is 4. The molecule has 1 aliphatic carbocycles. The lowest BCUT2D eigenvalue weighted by molar-refractivity contribution is -0.157. The second-order valence-corrected chi connectivity index (χ2v) is 12.2. The van der Waals surface area contributed by atoms with Crippen molar-refractivity contribution in [3.05, 3.63) is 42.0 Å². The molecule has 0 radical (unpaired) electrons. The van der Waals surface area contributed by atoms with E-state index in [-0.39, 0.29) is 37.9 Å². The van der Waals surface area contributed by atoms with E-state index in [1.807, 2.05) is 12.1 Å². The summed E-state index contributed by atoms with van der Waals surface area (Å²) in [4.78, 5) is 51.1. The van der Waals surface area contributed by atoms with Crippen LogP contribution in [0.2, 0.25) is 0 Å². The van der Waals surface area contributed by atoms with E-state index in [4.69, 9.17) is 21.5 Å². The molecule has 13 nitrogen and oxygen atoms in total. The number of nitriles is 1. The Bertz CT molecular complexity index is 1370. The molecular weight excluding hydrogens is 540 g/mol. The number of hydrogen-bond acceptors (Lipinski definition) is 8. The minimum atomic E-state index is -4.31. The molecule has 40 heavy (non-hydrogen) atoms. The van der Waals surface area contributed by atoms with Crippen molar-refractivity contribution < 1.29 is 32.3 Å². The topological polar surface area (TPSA) is 215 Å². The molecule has 3 aliphatic rings. The van der Waals surface area contributed by atoms with Crippen LogP contribution in [-0.2, 0) is 29.1 Å². The van der Waals surface area contributed by atoms with Crippen LogP contribution in [0.4, 0.5) is 10.5 Å². The average Bonchev–Trinajstić information content (AvgIpc) is 3.41. The van der Waals surface area contributed by atoms with Crippen molar-refractivity contribution in [1.29, 1.82) is 5.26 Å². The van der Waals surface area contributed by atoms with Crippen LogP contribution in [0, 0.1) is 17.2 Å². The number of nitrogens with one attached hydrogen (secondary N) is 2. The minimum absolute atomic E-state index is 0.0249. The van der Waals surface area contributed by atoms with Crippen molar-refractivity contribution in [2.45, 2.75) is 67.9 Å². The molecular formula is C26H32N6O7S. The Morgan fingerprint density at radius 2 is 1.85 bits per heavy atom. The standard InChI is InChI=1S/C26H32N6O7S/c27-16-17-9-11-19(12-10-17)31-40(37,38)26-15-18(26)7-4-2-1-3-5-8-20(39-24(29)36)21(33)32-14-6-13-25(32,22(28)34)23(35)30-26/h4,7,9-12,18,20,31H,1-3,5-6,8,13-15H2,(H2,28,34)(H2,29,36)(H,30,35). The summed E-state index contributed by atoms with van der Waals surface area (Å²) in [6.45, 7) is -0.0274. The summed E-state index contributed by atoms with van der Waals surface area (Å²) < 4.78 is 35.0. The fourth-order valence-corrected chi connectivity index (χ4v) is 7.19. The van der Waals surface area contributed by atoms with Gasteiger partial charge in [-0.15, -0.1) is 0 Å². The van der Waals surface area contributed by atoms with Gasteiger partial charge in [0.2, 0.25) is 5.54 Å². The van der Waals surface area contributed by atoms with Gasteiger partial charge in [-0.3, -0.25) is 19.1 Å². The Morgan fingerprint density at radius 3 is 2.50 bits per heavy atom. The summed E-state index contributed by atoms with van der Waals surface area (Å²) in [5, 5.41) is 11.6. The molecule has 4 atom stereocenters. The Balaban J connectivity index is 1.72. The van der Waals surface area contributed by atoms with Crippen LogP contribution < -0.4 is 21.5 Å². The first kappa shape index (κ1) is 28.9. The first-order valence-electron chi connectivity index (χ1n) is 13.1. The van der Waals surface area contributed by atoms with Crippen molar-refractivity contribution in [2.24, 2.45) is 17.4 Å². The number of carbonyl (C=O) groups is 4. The van der Waals surface area contributed by atoms with Crippen molar-refractivity contribution >= 4 is 39.5 Å². The molecule has 4 unspecified atom stereocenters. The zero-order valence-corrected chi connectivity index (χ0v) is 22.6. The summed E-state index contributed by atoms with van der Waals surface area (Å²) >= 11 is 0. The third-order valence-electron chi connectivity index (χ3n) is 7.70. The van der Waals surface area contributed by atoms with Crippen LogP contribution in [0.5, 0.6) is 0 Å². The maximum Gasteiger partial charge on any atom is 0.405 e. The number of hydrogen-bond donors (Lipinski definition) is 4.